The first-order chi connectivity index (χ1) is 26.8. The summed E-state index contributed by atoms with van der Waals surface area (Å²) in [4.78, 5) is 0. The Bertz CT molecular complexity index is 2080. The monoisotopic (exact) mass is 792 g/mol. The maximum Gasteiger partial charge on any atom is 0.232 e. The molecule has 0 bridgehead atoms. The van der Waals surface area contributed by atoms with Crippen LogP contribution in [0.15, 0.2) is 191 Å². The number of rotatable bonds is 4. The lowest BCUT2D eigenvalue weighted by atomic mass is 9.96. The van der Waals surface area contributed by atoms with Crippen LogP contribution < -0.4 is 37.3 Å². The lowest BCUT2D eigenvalue weighted by Crippen LogP contribution is -2.68. The fourth-order valence-electron chi connectivity index (χ4n) is 6.59. The Labute approximate surface area is 327 Å². The third kappa shape index (κ3) is 11.3. The molecule has 2 aliphatic carbocycles. The molecule has 56 heavy (non-hydrogen) atoms. The largest absolute Gasteiger partial charge is 0.232 e. The number of halogens is 2. The third-order valence-corrected chi connectivity index (χ3v) is 9.00. The summed E-state index contributed by atoms with van der Waals surface area (Å²) in [7, 11) is -9.89. The van der Waals surface area contributed by atoms with Crippen molar-refractivity contribution in [1.29, 1.82) is 0 Å². The van der Waals surface area contributed by atoms with Gasteiger partial charge in [-0.05, 0) is 45.7 Å². The first-order valence-electron chi connectivity index (χ1n) is 17.2. The van der Waals surface area contributed by atoms with Gasteiger partial charge in [0.2, 0.25) is 23.5 Å². The number of hydrogen-bond donors (Lipinski definition) is 0. The predicted molar refractivity (Wildman–Crippen MR) is 188 cm³/mol. The molecular weight excluding hydrogens is 759 g/mol. The first-order valence-corrected chi connectivity index (χ1v) is 19.7. The molecule has 0 aromatic heterocycles. The van der Waals surface area contributed by atoms with Crippen molar-refractivity contribution in [2.75, 3.05) is 0 Å². The Morgan fingerprint density at radius 3 is 0.946 bits per heavy atom. The first kappa shape index (κ1) is 40.2. The van der Waals surface area contributed by atoms with Gasteiger partial charge < -0.3 is 0 Å². The summed E-state index contributed by atoms with van der Waals surface area (Å²) in [6, 6.07) is 42.7. The van der Waals surface area contributed by atoms with Crippen molar-refractivity contribution in [2.24, 2.45) is 10.2 Å². The molecule has 0 amide bonds. The highest BCUT2D eigenvalue weighted by atomic mass is 35.7. The summed E-state index contributed by atoms with van der Waals surface area (Å²) < 4.78 is 72.3. The van der Waals surface area contributed by atoms with Crippen LogP contribution in [0.3, 0.4) is 0 Å². The molecule has 0 saturated heterocycles. The maximum absolute atomic E-state index is 8.49. The van der Waals surface area contributed by atoms with Crippen LogP contribution in [0.1, 0.15) is 47.2 Å². The average Bonchev–Trinajstić information content (AvgIpc) is 3.85. The SMILES string of the molecule is C1=CC(=[N+]2N=C(c3ccccc3)CC2c2ccccc2)C=CC1=C1C=CC(=[N+]2N=C(c3ccccc3)CC2c2ccccc2)C=C1.[O-][Cl+3]([O-])([O-])[O-].[O-][Cl+3]([O-])([O-])[O-]. The molecule has 4 aromatic carbocycles. The van der Waals surface area contributed by atoms with E-state index < -0.39 is 20.5 Å². The fourth-order valence-corrected chi connectivity index (χ4v) is 6.59. The lowest BCUT2D eigenvalue weighted by molar-refractivity contribution is -2.00. The third-order valence-electron chi connectivity index (χ3n) is 9.00. The van der Waals surface area contributed by atoms with E-state index in [9.17, 15) is 0 Å². The molecule has 12 nitrogen and oxygen atoms in total. The normalized spacial score (nSPS) is 19.0. The zero-order chi connectivity index (χ0) is 39.7. The van der Waals surface area contributed by atoms with Gasteiger partial charge in [0.25, 0.3) is 0 Å². The standard InChI is InChI=1S/C42H34N4.2ClHO4/c1-5-13-33(14-6-1)39-29-41(35-17-9-3-10-18-35)45(43-39)37-25-21-31(22-26-37)32-23-27-38(28-24-32)46-42(36-19-11-4-12-20-36)30-40(44-46)34-15-7-2-8-16-34;2*2-1(3,4)5/h1-28,41-42H,29-30H2;2*(H,2,3,4,5)/q+2;;/p-2. The van der Waals surface area contributed by atoms with Crippen LogP contribution in [0.25, 0.3) is 0 Å². The Morgan fingerprint density at radius 2 is 0.661 bits per heavy atom. The Kier molecular flexibility index (Phi) is 12.9. The molecule has 0 fully saturated rings. The second kappa shape index (κ2) is 18.0. The van der Waals surface area contributed by atoms with Crippen molar-refractivity contribution in [1.82, 2.24) is 0 Å². The summed E-state index contributed by atoms with van der Waals surface area (Å²) >= 11 is 0. The molecule has 4 aliphatic rings. The predicted octanol–water partition coefficient (Wildman–Crippen LogP) is -0.971. The van der Waals surface area contributed by atoms with Crippen molar-refractivity contribution in [3.05, 3.63) is 203 Å². The summed E-state index contributed by atoms with van der Waals surface area (Å²) in [6.45, 7) is 0. The lowest BCUT2D eigenvalue weighted by Gasteiger charge is -2.17. The van der Waals surface area contributed by atoms with E-state index in [1.54, 1.807) is 0 Å². The van der Waals surface area contributed by atoms with Crippen LogP contribution in [-0.4, -0.2) is 32.2 Å². The quantitative estimate of drug-likeness (QED) is 0.234. The van der Waals surface area contributed by atoms with E-state index in [-0.39, 0.29) is 12.1 Å². The summed E-state index contributed by atoms with van der Waals surface area (Å²) in [6.07, 6.45) is 19.3. The van der Waals surface area contributed by atoms with Crippen molar-refractivity contribution in [3.8, 4) is 0 Å². The van der Waals surface area contributed by atoms with Gasteiger partial charge in [0, 0.05) is 46.6 Å². The molecule has 0 radical (unpaired) electrons. The van der Waals surface area contributed by atoms with E-state index in [0.717, 1.165) is 35.7 Å². The summed E-state index contributed by atoms with van der Waals surface area (Å²) in [5.74, 6) is 0. The average molecular weight is 794 g/mol. The second-order valence-corrected chi connectivity index (χ2v) is 14.1. The zero-order valence-electron chi connectivity index (χ0n) is 29.5. The highest BCUT2D eigenvalue weighted by Crippen LogP contribution is 2.32. The van der Waals surface area contributed by atoms with Gasteiger partial charge in [-0.25, -0.2) is 37.3 Å². The molecule has 284 valence electrons. The number of hydrogen-bond acceptors (Lipinski definition) is 10. The zero-order valence-corrected chi connectivity index (χ0v) is 31.1. The molecule has 8 rings (SSSR count). The van der Waals surface area contributed by atoms with Gasteiger partial charge in [0.15, 0.2) is 0 Å². The number of benzene rings is 4. The van der Waals surface area contributed by atoms with Gasteiger partial charge in [-0.2, -0.15) is 0 Å². The highest BCUT2D eigenvalue weighted by Gasteiger charge is 2.37. The molecule has 2 aliphatic heterocycles. The molecule has 2 atom stereocenters. The maximum atomic E-state index is 8.49. The fraction of sp³-hybridized carbons (Fsp3) is 0.0952. The van der Waals surface area contributed by atoms with E-state index in [1.165, 1.54) is 33.4 Å². The van der Waals surface area contributed by atoms with E-state index in [4.69, 9.17) is 47.5 Å². The smallest absolute Gasteiger partial charge is 0.222 e. The van der Waals surface area contributed by atoms with Gasteiger partial charge in [0.1, 0.15) is 11.4 Å². The molecule has 0 spiro atoms. The van der Waals surface area contributed by atoms with Crippen LogP contribution in [0, 0.1) is 20.5 Å². The Morgan fingerprint density at radius 1 is 0.393 bits per heavy atom. The van der Waals surface area contributed by atoms with E-state index >= 15 is 0 Å². The van der Waals surface area contributed by atoms with E-state index in [2.05, 4.69) is 179 Å². The molecule has 0 saturated carbocycles. The summed E-state index contributed by atoms with van der Waals surface area (Å²) in [5, 5.41) is 10.3. The van der Waals surface area contributed by atoms with Crippen LogP contribution in [0.4, 0.5) is 0 Å². The van der Waals surface area contributed by atoms with E-state index in [0.29, 0.717) is 0 Å². The molecule has 0 N–H and O–H groups in total. The summed E-state index contributed by atoms with van der Waals surface area (Å²) in [5.41, 5.74) is 11.6. The molecule has 14 heteroatoms. The van der Waals surface area contributed by atoms with Gasteiger partial charge in [-0.3, -0.25) is 0 Å². The Balaban J connectivity index is 0.000000476. The minimum Gasteiger partial charge on any atom is -0.222 e. The molecule has 4 aromatic rings. The minimum absolute atomic E-state index is 0.154. The van der Waals surface area contributed by atoms with Gasteiger partial charge in [-0.15, -0.1) is 20.5 Å². The van der Waals surface area contributed by atoms with Gasteiger partial charge in [0.05, 0.1) is 12.8 Å². The van der Waals surface area contributed by atoms with Gasteiger partial charge >= 0.3 is 0 Å². The Hall–Kier alpha value is -5.48. The van der Waals surface area contributed by atoms with Gasteiger partial charge in [-0.1, -0.05) is 131 Å². The topological polar surface area (TPSA) is 215 Å². The van der Waals surface area contributed by atoms with Crippen molar-refractivity contribution < 1.29 is 67.1 Å². The van der Waals surface area contributed by atoms with Crippen LogP contribution in [0.5, 0.6) is 0 Å². The van der Waals surface area contributed by atoms with Crippen molar-refractivity contribution >= 4 is 22.8 Å². The molecule has 2 heterocycles. The number of allylic oxidation sites excluding steroid dienone is 10. The van der Waals surface area contributed by atoms with Crippen LogP contribution in [-0.2, 0) is 0 Å². The van der Waals surface area contributed by atoms with E-state index in [1.807, 2.05) is 0 Å². The van der Waals surface area contributed by atoms with Crippen LogP contribution in [0.2, 0.25) is 0 Å². The van der Waals surface area contributed by atoms with Crippen molar-refractivity contribution in [3.63, 3.8) is 0 Å². The second-order valence-electron chi connectivity index (χ2n) is 12.6. The highest BCUT2D eigenvalue weighted by molar-refractivity contribution is 6.06. The van der Waals surface area contributed by atoms with Crippen LogP contribution >= 0.6 is 0 Å². The molecule has 2 unspecified atom stereocenters. The number of nitrogens with zero attached hydrogens (tertiary/aromatic N) is 4. The number of hydrazone groups is 2. The minimum atomic E-state index is -4.94. The van der Waals surface area contributed by atoms with Crippen molar-refractivity contribution in [2.45, 2.75) is 24.9 Å². The molecular formula is C42H34Cl2N4O8.